The number of hydrogen-bond acceptors (Lipinski definition) is 3. The fraction of sp³-hybridized carbons (Fsp3) is 0.467. The van der Waals surface area contributed by atoms with Gasteiger partial charge in [-0.1, -0.05) is 43.0 Å². The molecule has 6 heteroatoms. The van der Waals surface area contributed by atoms with E-state index in [1.165, 1.54) is 0 Å². The summed E-state index contributed by atoms with van der Waals surface area (Å²) in [6, 6.07) is 7.40. The van der Waals surface area contributed by atoms with Crippen molar-refractivity contribution >= 4 is 23.4 Å². The second-order valence-electron chi connectivity index (χ2n) is 5.40. The second kappa shape index (κ2) is 6.91. The number of nitrogens with two attached hydrogens (primary N) is 1. The minimum absolute atomic E-state index is 0.106. The summed E-state index contributed by atoms with van der Waals surface area (Å²) in [6.07, 6.45) is 4.69. The van der Waals surface area contributed by atoms with Crippen molar-refractivity contribution in [3.63, 3.8) is 0 Å². The summed E-state index contributed by atoms with van der Waals surface area (Å²) in [4.78, 5) is 23.9. The number of benzene rings is 1. The van der Waals surface area contributed by atoms with E-state index in [1.54, 1.807) is 12.1 Å². The number of carbonyl (C=O) groups excluding carboxylic acids is 2. The molecule has 0 aromatic heterocycles. The monoisotopic (exact) mass is 309 g/mol. The fourth-order valence-corrected chi connectivity index (χ4v) is 3.08. The van der Waals surface area contributed by atoms with Crippen LogP contribution in [0, 0.1) is 0 Å². The van der Waals surface area contributed by atoms with Crippen LogP contribution in [0.3, 0.4) is 0 Å². The third-order valence-corrected chi connectivity index (χ3v) is 4.36. The number of hydrogen-bond donors (Lipinski definition) is 3. The zero-order chi connectivity index (χ0) is 15.3. The SMILES string of the molecule is NNC(=O)CNC(=O)C1(c2ccc(Cl)cc2)CCCCC1. The van der Waals surface area contributed by atoms with E-state index in [-0.39, 0.29) is 12.5 Å². The van der Waals surface area contributed by atoms with Gasteiger partial charge in [0.15, 0.2) is 0 Å². The number of amides is 2. The molecular formula is C15H20ClN3O2. The van der Waals surface area contributed by atoms with E-state index in [2.05, 4.69) is 5.32 Å². The minimum atomic E-state index is -0.572. The maximum atomic E-state index is 12.7. The Morgan fingerprint density at radius 2 is 1.76 bits per heavy atom. The lowest BCUT2D eigenvalue weighted by atomic mass is 9.68. The van der Waals surface area contributed by atoms with Gasteiger partial charge in [-0.05, 0) is 30.5 Å². The first-order valence-corrected chi connectivity index (χ1v) is 7.50. The molecule has 4 N–H and O–H groups in total. The van der Waals surface area contributed by atoms with E-state index >= 15 is 0 Å². The highest BCUT2D eigenvalue weighted by Crippen LogP contribution is 2.40. The van der Waals surface area contributed by atoms with Crippen molar-refractivity contribution < 1.29 is 9.59 Å². The molecule has 0 saturated heterocycles. The van der Waals surface area contributed by atoms with Gasteiger partial charge >= 0.3 is 0 Å². The second-order valence-corrected chi connectivity index (χ2v) is 5.84. The normalized spacial score (nSPS) is 17.0. The van der Waals surface area contributed by atoms with E-state index in [0.29, 0.717) is 5.02 Å². The minimum Gasteiger partial charge on any atom is -0.346 e. The van der Waals surface area contributed by atoms with Crippen LogP contribution in [0.4, 0.5) is 0 Å². The molecule has 114 valence electrons. The van der Waals surface area contributed by atoms with Crippen LogP contribution in [0.2, 0.25) is 5.02 Å². The summed E-state index contributed by atoms with van der Waals surface area (Å²) < 4.78 is 0. The number of hydrazine groups is 1. The quantitative estimate of drug-likeness (QED) is 0.449. The average molecular weight is 310 g/mol. The number of carbonyl (C=O) groups is 2. The smallest absolute Gasteiger partial charge is 0.253 e. The van der Waals surface area contributed by atoms with Gasteiger partial charge in [0.25, 0.3) is 5.91 Å². The molecule has 1 aromatic carbocycles. The molecule has 0 atom stereocenters. The molecule has 1 fully saturated rings. The van der Waals surface area contributed by atoms with Gasteiger partial charge in [-0.25, -0.2) is 5.84 Å². The zero-order valence-electron chi connectivity index (χ0n) is 11.8. The standard InChI is InChI=1S/C15H20ClN3O2/c16-12-6-4-11(5-7-12)15(8-2-1-3-9-15)14(21)18-10-13(20)19-17/h4-7H,1-3,8-10,17H2,(H,18,21)(H,19,20). The zero-order valence-corrected chi connectivity index (χ0v) is 12.6. The summed E-state index contributed by atoms with van der Waals surface area (Å²) >= 11 is 5.93. The van der Waals surface area contributed by atoms with Gasteiger partial charge in [0.1, 0.15) is 0 Å². The number of nitrogens with one attached hydrogen (secondary N) is 2. The molecular weight excluding hydrogens is 290 g/mol. The maximum Gasteiger partial charge on any atom is 0.253 e. The summed E-state index contributed by atoms with van der Waals surface area (Å²) in [5.74, 6) is 4.50. The highest BCUT2D eigenvalue weighted by atomic mass is 35.5. The van der Waals surface area contributed by atoms with Gasteiger partial charge in [-0.15, -0.1) is 0 Å². The predicted octanol–water partition coefficient (Wildman–Crippen LogP) is 1.65. The largest absolute Gasteiger partial charge is 0.346 e. The summed E-state index contributed by atoms with van der Waals surface area (Å²) in [5.41, 5.74) is 2.40. The van der Waals surface area contributed by atoms with Crippen LogP contribution in [0.25, 0.3) is 0 Å². The van der Waals surface area contributed by atoms with Crippen LogP contribution in [0.15, 0.2) is 24.3 Å². The van der Waals surface area contributed by atoms with E-state index in [4.69, 9.17) is 17.4 Å². The van der Waals surface area contributed by atoms with E-state index in [0.717, 1.165) is 37.7 Å². The van der Waals surface area contributed by atoms with Crippen LogP contribution in [0.1, 0.15) is 37.7 Å². The topological polar surface area (TPSA) is 84.2 Å². The molecule has 0 unspecified atom stereocenters. The van der Waals surface area contributed by atoms with Crippen molar-refractivity contribution in [2.24, 2.45) is 5.84 Å². The van der Waals surface area contributed by atoms with Gasteiger partial charge in [0.2, 0.25) is 5.91 Å². The van der Waals surface area contributed by atoms with E-state index in [9.17, 15) is 9.59 Å². The third-order valence-electron chi connectivity index (χ3n) is 4.11. The lowest BCUT2D eigenvalue weighted by molar-refractivity contribution is -0.130. The Morgan fingerprint density at radius 3 is 2.33 bits per heavy atom. The third kappa shape index (κ3) is 3.54. The Hall–Kier alpha value is -1.59. The number of rotatable bonds is 4. The van der Waals surface area contributed by atoms with Gasteiger partial charge in [-0.2, -0.15) is 0 Å². The molecule has 0 aliphatic heterocycles. The molecule has 0 bridgehead atoms. The van der Waals surface area contributed by atoms with Crippen molar-refractivity contribution in [2.75, 3.05) is 6.54 Å². The number of halogens is 1. The van der Waals surface area contributed by atoms with Crippen molar-refractivity contribution in [1.29, 1.82) is 0 Å². The van der Waals surface area contributed by atoms with Crippen LogP contribution in [0.5, 0.6) is 0 Å². The lowest BCUT2D eigenvalue weighted by Crippen LogP contribution is -2.49. The molecule has 5 nitrogen and oxygen atoms in total. The molecule has 0 radical (unpaired) electrons. The highest BCUT2D eigenvalue weighted by Gasteiger charge is 2.40. The molecule has 21 heavy (non-hydrogen) atoms. The van der Waals surface area contributed by atoms with Crippen LogP contribution in [-0.4, -0.2) is 18.4 Å². The molecule has 0 spiro atoms. The van der Waals surface area contributed by atoms with Gasteiger partial charge in [0.05, 0.1) is 12.0 Å². The Morgan fingerprint density at radius 1 is 1.14 bits per heavy atom. The van der Waals surface area contributed by atoms with Crippen molar-refractivity contribution in [1.82, 2.24) is 10.7 Å². The molecule has 1 saturated carbocycles. The molecule has 2 rings (SSSR count). The summed E-state index contributed by atoms with van der Waals surface area (Å²) in [7, 11) is 0. The van der Waals surface area contributed by atoms with Crippen LogP contribution >= 0.6 is 11.6 Å². The average Bonchev–Trinajstić information content (AvgIpc) is 2.53. The molecule has 0 heterocycles. The maximum absolute atomic E-state index is 12.7. The molecule has 2 amide bonds. The Kier molecular flexibility index (Phi) is 5.20. The first-order chi connectivity index (χ1) is 10.1. The molecule has 1 aliphatic rings. The lowest BCUT2D eigenvalue weighted by Gasteiger charge is -2.36. The van der Waals surface area contributed by atoms with E-state index in [1.807, 2.05) is 17.6 Å². The highest BCUT2D eigenvalue weighted by molar-refractivity contribution is 6.30. The van der Waals surface area contributed by atoms with E-state index < -0.39 is 11.3 Å². The van der Waals surface area contributed by atoms with Crippen LogP contribution < -0.4 is 16.6 Å². The van der Waals surface area contributed by atoms with Crippen LogP contribution in [-0.2, 0) is 15.0 Å². The van der Waals surface area contributed by atoms with Gasteiger partial charge in [-0.3, -0.25) is 15.0 Å². The molecule has 1 aromatic rings. The Balaban J connectivity index is 2.22. The van der Waals surface area contributed by atoms with Crippen molar-refractivity contribution in [2.45, 2.75) is 37.5 Å². The summed E-state index contributed by atoms with van der Waals surface area (Å²) in [6.45, 7) is -0.106. The first kappa shape index (κ1) is 15.8. The molecule has 1 aliphatic carbocycles. The summed E-state index contributed by atoms with van der Waals surface area (Å²) in [5, 5.41) is 3.34. The van der Waals surface area contributed by atoms with Gasteiger partial charge in [0, 0.05) is 5.02 Å². The predicted molar refractivity (Wildman–Crippen MR) is 81.6 cm³/mol. The first-order valence-electron chi connectivity index (χ1n) is 7.12. The fourth-order valence-electron chi connectivity index (χ4n) is 2.95. The van der Waals surface area contributed by atoms with Gasteiger partial charge < -0.3 is 5.32 Å². The van der Waals surface area contributed by atoms with Crippen molar-refractivity contribution in [3.8, 4) is 0 Å². The Bertz CT molecular complexity index is 510. The van der Waals surface area contributed by atoms with Crippen molar-refractivity contribution in [3.05, 3.63) is 34.9 Å². The Labute approximate surface area is 129 Å².